The van der Waals surface area contributed by atoms with E-state index in [1.165, 1.54) is 27.9 Å². The summed E-state index contributed by atoms with van der Waals surface area (Å²) in [6, 6.07) is 27.0. The second-order valence-electron chi connectivity index (χ2n) is 26.1. The van der Waals surface area contributed by atoms with Crippen LogP contribution in [0.5, 0.6) is 23.3 Å². The van der Waals surface area contributed by atoms with Gasteiger partial charge in [0.1, 0.15) is 46.6 Å². The molecule has 9 aromatic rings. The number of carbonyl (C=O) groups is 8. The Morgan fingerprint density at radius 3 is 1.50 bits per heavy atom. The van der Waals surface area contributed by atoms with Crippen LogP contribution in [0.2, 0.25) is 0 Å². The van der Waals surface area contributed by atoms with Gasteiger partial charge in [0.25, 0.3) is 0 Å². The summed E-state index contributed by atoms with van der Waals surface area (Å²) in [6.07, 6.45) is 3.61. The van der Waals surface area contributed by atoms with E-state index < -0.39 is 30.0 Å². The number of nitrogens with one attached hydrogen (secondary N) is 6. The summed E-state index contributed by atoms with van der Waals surface area (Å²) >= 11 is 0. The van der Waals surface area contributed by atoms with Crippen molar-refractivity contribution in [3.05, 3.63) is 175 Å². The smallest absolute Gasteiger partial charge is 0.410 e. The molecule has 9 rings (SSSR count). The van der Waals surface area contributed by atoms with Crippen molar-refractivity contribution in [1.82, 2.24) is 80.1 Å². The highest BCUT2D eigenvalue weighted by Crippen LogP contribution is 2.25. The molecular formula is C75H93N19O15. The lowest BCUT2D eigenvalue weighted by Gasteiger charge is -2.24. The predicted octanol–water partition coefficient (Wildman–Crippen LogP) is 5.58. The second kappa shape index (κ2) is 40.3. The SMILES string of the molecule is CC(=O)NCCOCCC(=O)C[C@H](C(=O)N[C@@H](CCCNC(N)=O)C(=O)Cc1ccc(COC(=O)N(C)Cc2ccc(Oc3ccc(Cn4c(=O)[nH]c5c(N)nc(C)nc54)cn3)cc2)cc1)C(C)C.CC(=O)NCCOCCC(=O)N(C)Cc1ccc(Oc2ccc(Cn3c(=O)[nH]c4c(N)nc(C)nc43)cn2)cc1. The summed E-state index contributed by atoms with van der Waals surface area (Å²) in [4.78, 5) is 158. The lowest BCUT2D eigenvalue weighted by atomic mass is 9.88. The van der Waals surface area contributed by atoms with E-state index in [9.17, 15) is 47.9 Å². The van der Waals surface area contributed by atoms with E-state index in [1.54, 1.807) is 99.8 Å². The van der Waals surface area contributed by atoms with Gasteiger partial charge in [-0.3, -0.25) is 37.9 Å². The van der Waals surface area contributed by atoms with Gasteiger partial charge in [0, 0.05) is 110 Å². The van der Waals surface area contributed by atoms with Gasteiger partial charge < -0.3 is 81.9 Å². The number of hydrogen-bond acceptors (Lipinski definition) is 23. The Balaban J connectivity index is 0.000000316. The number of anilines is 2. The zero-order chi connectivity index (χ0) is 78.7. The van der Waals surface area contributed by atoms with Gasteiger partial charge in [0.15, 0.2) is 28.7 Å². The molecule has 0 saturated carbocycles. The van der Waals surface area contributed by atoms with Crippen molar-refractivity contribution in [3.63, 3.8) is 0 Å². The Kier molecular flexibility index (Phi) is 30.4. The summed E-state index contributed by atoms with van der Waals surface area (Å²) in [5, 5.41) is 10.6. The third kappa shape index (κ3) is 25.9. The maximum Gasteiger partial charge on any atom is 0.410 e. The number of ether oxygens (including phenoxy) is 5. The molecule has 3 aromatic carbocycles. The zero-order valence-electron chi connectivity index (χ0n) is 62.2. The van der Waals surface area contributed by atoms with Gasteiger partial charge in [0.05, 0.1) is 52.0 Å². The van der Waals surface area contributed by atoms with Crippen LogP contribution in [0.4, 0.5) is 21.2 Å². The number of primary amides is 1. The molecule has 34 heteroatoms. The maximum absolute atomic E-state index is 13.7. The average Bonchev–Trinajstić information content (AvgIpc) is 1.65. The largest absolute Gasteiger partial charge is 0.445 e. The van der Waals surface area contributed by atoms with Gasteiger partial charge in [-0.25, -0.2) is 49.1 Å². The van der Waals surface area contributed by atoms with Crippen molar-refractivity contribution in [1.29, 1.82) is 0 Å². The first-order valence-corrected chi connectivity index (χ1v) is 35.3. The summed E-state index contributed by atoms with van der Waals surface area (Å²) in [5.74, 6) is 1.17. The normalized spacial score (nSPS) is 11.6. The number of ketones is 2. The summed E-state index contributed by atoms with van der Waals surface area (Å²) in [5.41, 5.74) is 22.7. The number of Topliss-reactive ketones (excluding diaryl/α,β-unsaturated/α-hetero) is 2. The molecule has 6 heterocycles. The Morgan fingerprint density at radius 1 is 0.569 bits per heavy atom. The van der Waals surface area contributed by atoms with Crippen molar-refractivity contribution >= 4 is 81.3 Å². The van der Waals surface area contributed by atoms with E-state index in [0.717, 1.165) is 22.3 Å². The highest BCUT2D eigenvalue weighted by Gasteiger charge is 2.30. The number of urea groups is 1. The van der Waals surface area contributed by atoms with Gasteiger partial charge in [-0.2, -0.15) is 0 Å². The molecule has 0 aliphatic rings. The van der Waals surface area contributed by atoms with E-state index in [4.69, 9.17) is 40.9 Å². The average molecular weight is 1500 g/mol. The first-order chi connectivity index (χ1) is 52.1. The number of aromatic amines is 2. The van der Waals surface area contributed by atoms with Crippen molar-refractivity contribution in [2.75, 3.05) is 71.6 Å². The Hall–Kier alpha value is -12.5. The highest BCUT2D eigenvalue weighted by atomic mass is 16.6. The number of fused-ring (bicyclic) bond motifs is 2. The molecular weight excluding hydrogens is 1410 g/mol. The van der Waals surface area contributed by atoms with E-state index in [2.05, 4.69) is 61.1 Å². The van der Waals surface area contributed by atoms with Crippen molar-refractivity contribution in [2.45, 2.75) is 119 Å². The van der Waals surface area contributed by atoms with Crippen LogP contribution in [0, 0.1) is 25.7 Å². The topological polar surface area (TPSA) is 468 Å². The molecule has 0 aliphatic carbocycles. The molecule has 0 radical (unpaired) electrons. The number of nitrogens with zero attached hydrogens (tertiary/aromatic N) is 10. The fourth-order valence-electron chi connectivity index (χ4n) is 11.1. The third-order valence-corrected chi connectivity index (χ3v) is 16.9. The van der Waals surface area contributed by atoms with E-state index in [1.807, 2.05) is 56.3 Å². The van der Waals surface area contributed by atoms with Crippen molar-refractivity contribution in [3.8, 4) is 23.3 Å². The molecule has 0 spiro atoms. The minimum Gasteiger partial charge on any atom is -0.445 e. The summed E-state index contributed by atoms with van der Waals surface area (Å²) in [7, 11) is 3.36. The number of hydrogen-bond donors (Lipinski definition) is 9. The molecule has 109 heavy (non-hydrogen) atoms. The van der Waals surface area contributed by atoms with E-state index in [-0.39, 0.29) is 136 Å². The monoisotopic (exact) mass is 1500 g/mol. The van der Waals surface area contributed by atoms with Gasteiger partial charge >= 0.3 is 23.5 Å². The Bertz CT molecular complexity index is 4720. The number of amides is 7. The first kappa shape index (κ1) is 82.2. The molecule has 34 nitrogen and oxygen atoms in total. The third-order valence-electron chi connectivity index (χ3n) is 16.9. The molecule has 578 valence electrons. The highest BCUT2D eigenvalue weighted by molar-refractivity contribution is 5.93. The molecule has 6 aromatic heterocycles. The Morgan fingerprint density at radius 2 is 1.04 bits per heavy atom. The number of benzene rings is 3. The van der Waals surface area contributed by atoms with Crippen LogP contribution < -0.4 is 59.3 Å². The fraction of sp³-hybridized carbons (Fsp3) is 0.387. The van der Waals surface area contributed by atoms with Crippen LogP contribution in [-0.2, 0) is 82.2 Å². The van der Waals surface area contributed by atoms with E-state index >= 15 is 0 Å². The van der Waals surface area contributed by atoms with Gasteiger partial charge in [-0.1, -0.05) is 74.5 Å². The van der Waals surface area contributed by atoms with Crippen LogP contribution in [0.3, 0.4) is 0 Å². The number of aromatic nitrogens is 10. The van der Waals surface area contributed by atoms with Gasteiger partial charge in [-0.05, 0) is 90.3 Å². The number of pyridine rings is 2. The van der Waals surface area contributed by atoms with E-state index in [0.29, 0.717) is 108 Å². The van der Waals surface area contributed by atoms with Crippen molar-refractivity contribution in [2.24, 2.45) is 17.6 Å². The number of rotatable bonds is 38. The standard InChI is InChI=1S/C48H61N11O10.C27H32N8O5/c1-29(2)38(24-36(61)18-21-67-22-20-51-31(4)60)45(63)56-39(7-6-19-52-46(50)64)40(62)23-32-8-10-34(11-9-32)28-68-48(66)58(5)26-33-12-15-37(16-13-33)69-41-17-14-35(25-53-41)27-59-44-42(57-47(59)65)43(49)54-30(3)55-44;1-17-31-25(28)24-26(32-17)35(27(38)33-24)16-20-6-9-22(30-14-20)40-21-7-4-19(5-8-21)15-34(3)23(37)10-12-39-13-11-29-18(2)36/h8-17,25,29,38-39H,6-7,18-24,26-28H2,1-5H3,(H,51,60)(H,56,63)(H,57,65)(H2,49,54,55)(H3,50,52,64);4-9,14H,10-13,15-16H2,1-3H3,(H,29,36)(H,33,38)(H2,28,31,32)/t38-,39-;/m0./s1. The second-order valence-corrected chi connectivity index (χ2v) is 26.1. The maximum atomic E-state index is 13.7. The number of nitrogens with two attached hydrogens (primary N) is 3. The molecule has 2 atom stereocenters. The van der Waals surface area contributed by atoms with Gasteiger partial charge in [-0.15, -0.1) is 0 Å². The van der Waals surface area contributed by atoms with Gasteiger partial charge in [0.2, 0.25) is 35.4 Å². The van der Waals surface area contributed by atoms with Crippen LogP contribution >= 0.6 is 0 Å². The molecule has 7 amide bonds. The minimum absolute atomic E-state index is 0.00647. The number of nitrogen functional groups attached to an aromatic ring is 2. The number of carbonyl (C=O) groups excluding carboxylic acids is 8. The lowest BCUT2D eigenvalue weighted by Crippen LogP contribution is -2.46. The van der Waals surface area contributed by atoms with Crippen molar-refractivity contribution < 1.29 is 62.0 Å². The number of aryl methyl sites for hydroxylation is 2. The minimum atomic E-state index is -0.893. The quantitative estimate of drug-likeness (QED) is 0.0213. The van der Waals surface area contributed by atoms with Crippen LogP contribution in [-0.4, -0.2) is 172 Å². The summed E-state index contributed by atoms with van der Waals surface area (Å²) in [6.45, 7) is 13.1. The molecule has 0 aliphatic heterocycles. The number of imidazole rings is 2. The molecule has 0 fully saturated rings. The summed E-state index contributed by atoms with van der Waals surface area (Å²) < 4.78 is 31.1. The van der Waals surface area contributed by atoms with Crippen LogP contribution in [0.1, 0.15) is 105 Å². The van der Waals surface area contributed by atoms with Crippen LogP contribution in [0.25, 0.3) is 22.3 Å². The first-order valence-electron chi connectivity index (χ1n) is 35.3. The predicted molar refractivity (Wildman–Crippen MR) is 403 cm³/mol. The fourth-order valence-corrected chi connectivity index (χ4v) is 11.1. The molecule has 0 saturated heterocycles. The molecule has 0 bridgehead atoms. The Labute approximate surface area is 627 Å². The molecule has 12 N–H and O–H groups in total. The molecule has 0 unspecified atom stereocenters. The van der Waals surface area contributed by atoms with Crippen LogP contribution in [0.15, 0.2) is 119 Å². The zero-order valence-corrected chi connectivity index (χ0v) is 62.2. The lowest BCUT2D eigenvalue weighted by molar-refractivity contribution is -0.133. The number of H-pyrrole nitrogens is 2.